The van der Waals surface area contributed by atoms with Gasteiger partial charge in [-0.15, -0.1) is 0 Å². The number of rotatable bonds is 6. The number of hydrogen-bond acceptors (Lipinski definition) is 4. The molecule has 0 aromatic heterocycles. The zero-order valence-electron chi connectivity index (χ0n) is 15.0. The third kappa shape index (κ3) is 5.18. The van der Waals surface area contributed by atoms with Crippen LogP contribution in [-0.2, 0) is 16.4 Å². The molecule has 0 saturated heterocycles. The Morgan fingerprint density at radius 1 is 0.966 bits per heavy atom. The smallest absolute Gasteiger partial charge is 0.216 e. The largest absolute Gasteiger partial charge is 0.489 e. The number of sulfone groups is 1. The van der Waals surface area contributed by atoms with E-state index in [0.717, 1.165) is 5.56 Å². The lowest BCUT2D eigenvalue weighted by molar-refractivity contribution is 0.306. The Balaban J connectivity index is 1.82. The summed E-state index contributed by atoms with van der Waals surface area (Å²) in [5.41, 5.74) is 1.37. The molecule has 0 N–H and O–H groups in total. The second-order valence-electron chi connectivity index (χ2n) is 6.05. The molecule has 0 heterocycles. The molecule has 0 bridgehead atoms. The first-order chi connectivity index (χ1) is 13.9. The van der Waals surface area contributed by atoms with Crippen LogP contribution in [0.4, 0.5) is 0 Å². The fraction of sp³-hybridized carbons (Fsp3) is 0.0455. The van der Waals surface area contributed by atoms with E-state index in [2.05, 4.69) is 0 Å². The molecule has 146 valence electrons. The van der Waals surface area contributed by atoms with Crippen LogP contribution in [0.1, 0.15) is 11.1 Å². The fourth-order valence-electron chi connectivity index (χ4n) is 2.54. The Labute approximate surface area is 179 Å². The van der Waals surface area contributed by atoms with Gasteiger partial charge in [0.05, 0.1) is 14.9 Å². The van der Waals surface area contributed by atoms with Crippen molar-refractivity contribution in [1.29, 1.82) is 5.26 Å². The van der Waals surface area contributed by atoms with Crippen LogP contribution in [0.2, 0.25) is 10.0 Å². The Bertz CT molecular complexity index is 1200. The number of halogens is 2. The lowest BCUT2D eigenvalue weighted by atomic mass is 10.2. The zero-order chi connectivity index (χ0) is 20.9. The van der Waals surface area contributed by atoms with Crippen LogP contribution in [0.25, 0.3) is 6.08 Å². The summed E-state index contributed by atoms with van der Waals surface area (Å²) in [6.07, 6.45) is 1.33. The van der Waals surface area contributed by atoms with Crippen LogP contribution in [0, 0.1) is 11.3 Å². The maximum Gasteiger partial charge on any atom is 0.216 e. The highest BCUT2D eigenvalue weighted by atomic mass is 35.5. The van der Waals surface area contributed by atoms with Crippen molar-refractivity contribution >= 4 is 39.1 Å². The second-order valence-corrected chi connectivity index (χ2v) is 8.78. The van der Waals surface area contributed by atoms with Gasteiger partial charge in [0, 0.05) is 0 Å². The maximum atomic E-state index is 12.7. The van der Waals surface area contributed by atoms with Gasteiger partial charge in [-0.1, -0.05) is 59.6 Å². The van der Waals surface area contributed by atoms with E-state index >= 15 is 0 Å². The first-order valence-corrected chi connectivity index (χ1v) is 10.7. The summed E-state index contributed by atoms with van der Waals surface area (Å²) >= 11 is 11.9. The molecule has 0 amide bonds. The van der Waals surface area contributed by atoms with Gasteiger partial charge >= 0.3 is 0 Å². The highest BCUT2D eigenvalue weighted by Crippen LogP contribution is 2.25. The Morgan fingerprint density at radius 2 is 1.72 bits per heavy atom. The van der Waals surface area contributed by atoms with Crippen molar-refractivity contribution in [3.63, 3.8) is 0 Å². The first kappa shape index (κ1) is 20.9. The third-order valence-electron chi connectivity index (χ3n) is 4.00. The molecule has 0 spiro atoms. The SMILES string of the molecule is N#CC(=Cc1cccc(OCc2ccc(Cl)c(Cl)c2)c1)S(=O)(=O)c1ccccc1. The average molecular weight is 444 g/mol. The summed E-state index contributed by atoms with van der Waals surface area (Å²) < 4.78 is 31.1. The highest BCUT2D eigenvalue weighted by molar-refractivity contribution is 7.95. The van der Waals surface area contributed by atoms with Gasteiger partial charge in [0.1, 0.15) is 23.3 Å². The van der Waals surface area contributed by atoms with Gasteiger partial charge in [-0.25, -0.2) is 8.42 Å². The van der Waals surface area contributed by atoms with Gasteiger partial charge in [0.15, 0.2) is 0 Å². The third-order valence-corrected chi connectivity index (χ3v) is 6.42. The summed E-state index contributed by atoms with van der Waals surface area (Å²) in [7, 11) is -3.89. The number of nitriles is 1. The molecular weight excluding hydrogens is 429 g/mol. The standard InChI is InChI=1S/C22H15Cl2NO3S/c23-21-10-9-17(13-22(21)24)15-28-18-6-4-5-16(11-18)12-20(14-25)29(26,27)19-7-2-1-3-8-19/h1-13H,15H2. The van der Waals surface area contributed by atoms with Crippen molar-refractivity contribution in [2.75, 3.05) is 0 Å². The van der Waals surface area contributed by atoms with Crippen LogP contribution in [0.5, 0.6) is 5.75 Å². The van der Waals surface area contributed by atoms with Crippen molar-refractivity contribution in [1.82, 2.24) is 0 Å². The molecule has 3 aromatic rings. The van der Waals surface area contributed by atoms with Crippen molar-refractivity contribution in [3.8, 4) is 11.8 Å². The molecule has 0 radical (unpaired) electrons. The quantitative estimate of drug-likeness (QED) is 0.444. The molecule has 0 aliphatic heterocycles. The van der Waals surface area contributed by atoms with E-state index in [-0.39, 0.29) is 16.4 Å². The molecule has 29 heavy (non-hydrogen) atoms. The minimum absolute atomic E-state index is 0.0693. The van der Waals surface area contributed by atoms with E-state index in [1.807, 2.05) is 0 Å². The molecule has 3 rings (SSSR count). The van der Waals surface area contributed by atoms with Crippen LogP contribution in [0.15, 0.2) is 82.6 Å². The fourth-order valence-corrected chi connectivity index (χ4v) is 4.04. The average Bonchev–Trinajstić information content (AvgIpc) is 2.73. The summed E-state index contributed by atoms with van der Waals surface area (Å²) in [5, 5.41) is 10.3. The van der Waals surface area contributed by atoms with Crippen molar-refractivity contribution in [3.05, 3.63) is 98.9 Å². The van der Waals surface area contributed by atoms with Gasteiger partial charge in [-0.3, -0.25) is 0 Å². The van der Waals surface area contributed by atoms with E-state index in [9.17, 15) is 13.7 Å². The van der Waals surface area contributed by atoms with Gasteiger partial charge < -0.3 is 4.74 Å². The van der Waals surface area contributed by atoms with Gasteiger partial charge in [0.2, 0.25) is 9.84 Å². The van der Waals surface area contributed by atoms with E-state index in [4.69, 9.17) is 27.9 Å². The number of allylic oxidation sites excluding steroid dienone is 1. The highest BCUT2D eigenvalue weighted by Gasteiger charge is 2.20. The molecule has 0 atom stereocenters. The van der Waals surface area contributed by atoms with Crippen LogP contribution < -0.4 is 4.74 Å². The summed E-state index contributed by atoms with van der Waals surface area (Å²) in [4.78, 5) is -0.273. The molecule has 7 heteroatoms. The number of hydrogen-bond donors (Lipinski definition) is 0. The van der Waals surface area contributed by atoms with Crippen LogP contribution in [0.3, 0.4) is 0 Å². The molecule has 0 fully saturated rings. The number of nitrogens with zero attached hydrogens (tertiary/aromatic N) is 1. The van der Waals surface area contributed by atoms with E-state index < -0.39 is 9.84 Å². The summed E-state index contributed by atoms with van der Waals surface area (Å²) in [6, 6.07) is 21.7. The Morgan fingerprint density at radius 3 is 2.41 bits per heavy atom. The minimum Gasteiger partial charge on any atom is -0.489 e. The molecule has 0 saturated carbocycles. The van der Waals surface area contributed by atoms with Gasteiger partial charge in [0.25, 0.3) is 0 Å². The van der Waals surface area contributed by atoms with Crippen molar-refractivity contribution in [2.45, 2.75) is 11.5 Å². The predicted octanol–water partition coefficient (Wildman–Crippen LogP) is 5.91. The topological polar surface area (TPSA) is 67.2 Å². The normalized spacial score (nSPS) is 11.7. The molecule has 3 aromatic carbocycles. The second kappa shape index (κ2) is 9.15. The Hall–Kier alpha value is -2.78. The maximum absolute atomic E-state index is 12.7. The minimum atomic E-state index is -3.89. The summed E-state index contributed by atoms with van der Waals surface area (Å²) in [5.74, 6) is 0.527. The van der Waals surface area contributed by atoms with Crippen molar-refractivity contribution in [2.24, 2.45) is 0 Å². The van der Waals surface area contributed by atoms with E-state index in [0.29, 0.717) is 21.4 Å². The molecule has 0 unspecified atom stereocenters. The van der Waals surface area contributed by atoms with Gasteiger partial charge in [-0.2, -0.15) is 5.26 Å². The van der Waals surface area contributed by atoms with Gasteiger partial charge in [-0.05, 0) is 53.6 Å². The first-order valence-electron chi connectivity index (χ1n) is 8.49. The van der Waals surface area contributed by atoms with Crippen LogP contribution in [-0.4, -0.2) is 8.42 Å². The molecule has 0 aliphatic carbocycles. The molecule has 0 aliphatic rings. The number of benzene rings is 3. The lowest BCUT2D eigenvalue weighted by Crippen LogP contribution is -2.03. The lowest BCUT2D eigenvalue weighted by Gasteiger charge is -2.08. The zero-order valence-corrected chi connectivity index (χ0v) is 17.4. The number of ether oxygens (including phenoxy) is 1. The van der Waals surface area contributed by atoms with Crippen molar-refractivity contribution < 1.29 is 13.2 Å². The molecular formula is C22H15Cl2NO3S. The van der Waals surface area contributed by atoms with E-state index in [1.54, 1.807) is 66.7 Å². The summed E-state index contributed by atoms with van der Waals surface area (Å²) in [6.45, 7) is 0.261. The predicted molar refractivity (Wildman–Crippen MR) is 114 cm³/mol. The monoisotopic (exact) mass is 443 g/mol. The van der Waals surface area contributed by atoms with E-state index in [1.165, 1.54) is 18.2 Å². The van der Waals surface area contributed by atoms with Crippen LogP contribution >= 0.6 is 23.2 Å². The Kier molecular flexibility index (Phi) is 6.60. The molecule has 4 nitrogen and oxygen atoms in total.